The molecule has 1 aromatic rings. The van der Waals surface area contributed by atoms with Gasteiger partial charge in [-0.15, -0.1) is 0 Å². The number of nitrogens with one attached hydrogen (secondary N) is 1. The van der Waals surface area contributed by atoms with Gasteiger partial charge in [0.1, 0.15) is 0 Å². The largest absolute Gasteiger partial charge is 0.490 e. The predicted octanol–water partition coefficient (Wildman–Crippen LogP) is 1.02. The van der Waals surface area contributed by atoms with Gasteiger partial charge in [0.2, 0.25) is 0 Å². The Hall–Kier alpha value is -1.86. The highest BCUT2D eigenvalue weighted by molar-refractivity contribution is 5.58. The second-order valence-corrected chi connectivity index (χ2v) is 4.65. The molecule has 0 spiro atoms. The van der Waals surface area contributed by atoms with Gasteiger partial charge in [-0.2, -0.15) is 0 Å². The summed E-state index contributed by atoms with van der Waals surface area (Å²) in [6.07, 6.45) is 0. The molecule has 0 saturated carbocycles. The first-order chi connectivity index (χ1) is 9.10. The van der Waals surface area contributed by atoms with Crippen molar-refractivity contribution < 1.29 is 19.5 Å². The molecule has 19 heavy (non-hydrogen) atoms. The van der Waals surface area contributed by atoms with E-state index in [2.05, 4.69) is 5.32 Å². The summed E-state index contributed by atoms with van der Waals surface area (Å²) in [6, 6.07) is 4.58. The minimum absolute atomic E-state index is 0.0458. The summed E-state index contributed by atoms with van der Waals surface area (Å²) in [7, 11) is 1.39. The van der Waals surface area contributed by atoms with E-state index >= 15 is 0 Å². The zero-order valence-electron chi connectivity index (χ0n) is 10.6. The Balaban J connectivity index is 2.07. The van der Waals surface area contributed by atoms with Gasteiger partial charge in [0, 0.05) is 24.4 Å². The van der Waals surface area contributed by atoms with Crippen LogP contribution in [0, 0.1) is 15.5 Å². The van der Waals surface area contributed by atoms with Crippen molar-refractivity contribution in [2.24, 2.45) is 5.41 Å². The van der Waals surface area contributed by atoms with Crippen molar-refractivity contribution in [1.82, 2.24) is 0 Å². The second kappa shape index (κ2) is 5.41. The molecule has 0 unspecified atom stereocenters. The van der Waals surface area contributed by atoms with Crippen LogP contribution in [0.25, 0.3) is 0 Å². The van der Waals surface area contributed by atoms with Gasteiger partial charge < -0.3 is 19.9 Å². The maximum atomic E-state index is 10.8. The molecule has 0 radical (unpaired) electrons. The standard InChI is InChI=1S/C12H16N2O5/c1-18-11-4-9(2-3-10(11)14(16)17)13-5-12(6-15)7-19-8-12/h2-4,13,15H,5-8H2,1H3. The lowest BCUT2D eigenvalue weighted by Gasteiger charge is -2.40. The quantitative estimate of drug-likeness (QED) is 0.591. The van der Waals surface area contributed by atoms with E-state index in [-0.39, 0.29) is 23.5 Å². The average Bonchev–Trinajstić information content (AvgIpc) is 2.37. The van der Waals surface area contributed by atoms with Gasteiger partial charge in [-0.25, -0.2) is 0 Å². The highest BCUT2D eigenvalue weighted by atomic mass is 16.6. The van der Waals surface area contributed by atoms with Crippen molar-refractivity contribution in [2.45, 2.75) is 0 Å². The molecule has 1 aliphatic rings. The summed E-state index contributed by atoms with van der Waals surface area (Å²) >= 11 is 0. The maximum absolute atomic E-state index is 10.8. The van der Waals surface area contributed by atoms with Gasteiger partial charge in [-0.05, 0) is 6.07 Å². The third-order valence-electron chi connectivity index (χ3n) is 3.20. The minimum Gasteiger partial charge on any atom is -0.490 e. The zero-order valence-corrected chi connectivity index (χ0v) is 10.6. The summed E-state index contributed by atoms with van der Waals surface area (Å²) in [4.78, 5) is 10.3. The Morgan fingerprint density at radius 3 is 2.79 bits per heavy atom. The van der Waals surface area contributed by atoms with Crippen molar-refractivity contribution in [3.63, 3.8) is 0 Å². The fraction of sp³-hybridized carbons (Fsp3) is 0.500. The third kappa shape index (κ3) is 2.77. The molecule has 0 aliphatic carbocycles. The van der Waals surface area contributed by atoms with Gasteiger partial charge in [0.05, 0.1) is 37.3 Å². The lowest BCUT2D eigenvalue weighted by Crippen LogP contribution is -2.50. The summed E-state index contributed by atoms with van der Waals surface area (Å²) in [6.45, 7) is 1.62. The fourth-order valence-electron chi connectivity index (χ4n) is 1.87. The monoisotopic (exact) mass is 268 g/mol. The predicted molar refractivity (Wildman–Crippen MR) is 68.5 cm³/mol. The first kappa shape index (κ1) is 13.6. The fourth-order valence-corrected chi connectivity index (χ4v) is 1.87. The Bertz CT molecular complexity index is 468. The number of rotatable bonds is 6. The van der Waals surface area contributed by atoms with Crippen LogP contribution in [-0.2, 0) is 4.74 Å². The summed E-state index contributed by atoms with van der Waals surface area (Å²) < 4.78 is 10.1. The van der Waals surface area contributed by atoms with Crippen molar-refractivity contribution in [3.8, 4) is 5.75 Å². The highest BCUT2D eigenvalue weighted by Crippen LogP contribution is 2.31. The molecule has 7 nitrogen and oxygen atoms in total. The number of nitro groups is 1. The van der Waals surface area contributed by atoms with Crippen LogP contribution in [-0.4, -0.2) is 43.5 Å². The number of nitro benzene ring substituents is 1. The SMILES string of the molecule is COc1cc(NCC2(CO)COC2)ccc1[N+](=O)[O-]. The van der Waals surface area contributed by atoms with Crippen LogP contribution in [0.2, 0.25) is 0 Å². The smallest absolute Gasteiger partial charge is 0.311 e. The molecule has 2 N–H and O–H groups in total. The number of nitrogens with zero attached hydrogens (tertiary/aromatic N) is 1. The Morgan fingerprint density at radius 2 is 2.32 bits per heavy atom. The third-order valence-corrected chi connectivity index (χ3v) is 3.20. The van der Waals surface area contributed by atoms with Gasteiger partial charge in [-0.3, -0.25) is 10.1 Å². The van der Waals surface area contributed by atoms with Crippen molar-refractivity contribution in [3.05, 3.63) is 28.3 Å². The lowest BCUT2D eigenvalue weighted by molar-refractivity contribution is -0.385. The summed E-state index contributed by atoms with van der Waals surface area (Å²) in [5.74, 6) is 0.206. The molecule has 7 heteroatoms. The van der Waals surface area contributed by atoms with Gasteiger partial charge in [0.25, 0.3) is 0 Å². The number of anilines is 1. The van der Waals surface area contributed by atoms with Crippen LogP contribution >= 0.6 is 0 Å². The van der Waals surface area contributed by atoms with Crippen molar-refractivity contribution in [2.75, 3.05) is 38.8 Å². The van der Waals surface area contributed by atoms with Crippen LogP contribution in [0.5, 0.6) is 5.75 Å². The molecule has 104 valence electrons. The first-order valence-corrected chi connectivity index (χ1v) is 5.85. The second-order valence-electron chi connectivity index (χ2n) is 4.65. The molecule has 1 fully saturated rings. The van der Waals surface area contributed by atoms with Gasteiger partial charge in [-0.1, -0.05) is 0 Å². The summed E-state index contributed by atoms with van der Waals surface area (Å²) in [5, 5.41) is 23.2. The normalized spacial score (nSPS) is 16.5. The molecular weight excluding hydrogens is 252 g/mol. The number of aliphatic hydroxyl groups excluding tert-OH is 1. The first-order valence-electron chi connectivity index (χ1n) is 5.85. The Labute approximate surface area is 110 Å². The van der Waals surface area contributed by atoms with E-state index in [1.165, 1.54) is 13.2 Å². The van der Waals surface area contributed by atoms with Crippen LogP contribution in [0.1, 0.15) is 0 Å². The van der Waals surface area contributed by atoms with E-state index in [1.807, 2.05) is 0 Å². The van der Waals surface area contributed by atoms with E-state index in [4.69, 9.17) is 9.47 Å². The van der Waals surface area contributed by atoms with E-state index in [9.17, 15) is 15.2 Å². The molecule has 1 aromatic carbocycles. The van der Waals surface area contributed by atoms with Crippen LogP contribution < -0.4 is 10.1 Å². The number of hydrogen-bond donors (Lipinski definition) is 2. The van der Waals surface area contributed by atoms with E-state index in [0.717, 1.165) is 0 Å². The Morgan fingerprint density at radius 1 is 1.58 bits per heavy atom. The average molecular weight is 268 g/mol. The van der Waals surface area contributed by atoms with Gasteiger partial charge >= 0.3 is 5.69 Å². The molecule has 0 atom stereocenters. The van der Waals surface area contributed by atoms with Crippen LogP contribution in [0.4, 0.5) is 11.4 Å². The van der Waals surface area contributed by atoms with Gasteiger partial charge in [0.15, 0.2) is 5.75 Å². The molecule has 0 aromatic heterocycles. The number of ether oxygens (including phenoxy) is 2. The van der Waals surface area contributed by atoms with Crippen LogP contribution in [0.15, 0.2) is 18.2 Å². The van der Waals surface area contributed by atoms with E-state index in [1.54, 1.807) is 12.1 Å². The number of hydrogen-bond acceptors (Lipinski definition) is 6. The number of benzene rings is 1. The number of methoxy groups -OCH3 is 1. The molecule has 1 saturated heterocycles. The van der Waals surface area contributed by atoms with Crippen LogP contribution in [0.3, 0.4) is 0 Å². The molecule has 0 amide bonds. The molecule has 2 rings (SSSR count). The molecule has 0 bridgehead atoms. The Kier molecular flexibility index (Phi) is 3.87. The van der Waals surface area contributed by atoms with Crippen molar-refractivity contribution in [1.29, 1.82) is 0 Å². The van der Waals surface area contributed by atoms with E-state index in [0.29, 0.717) is 25.4 Å². The molecule has 1 aliphatic heterocycles. The maximum Gasteiger partial charge on any atom is 0.311 e. The minimum atomic E-state index is -0.488. The molecular formula is C12H16N2O5. The van der Waals surface area contributed by atoms with E-state index < -0.39 is 4.92 Å². The summed E-state index contributed by atoms with van der Waals surface area (Å²) in [5.41, 5.74) is 0.383. The number of aliphatic hydroxyl groups is 1. The topological polar surface area (TPSA) is 93.9 Å². The van der Waals surface area contributed by atoms with Crippen molar-refractivity contribution >= 4 is 11.4 Å². The highest BCUT2D eigenvalue weighted by Gasteiger charge is 2.37. The zero-order chi connectivity index (χ0) is 13.9. The lowest BCUT2D eigenvalue weighted by atomic mass is 9.87. The molecule has 1 heterocycles.